The Bertz CT molecular complexity index is 408. The van der Waals surface area contributed by atoms with Crippen LogP contribution in [-0.4, -0.2) is 38.2 Å². The normalized spacial score (nSPS) is 21.9. The zero-order valence-corrected chi connectivity index (χ0v) is 14.1. The van der Waals surface area contributed by atoms with Gasteiger partial charge in [0.1, 0.15) is 12.4 Å². The molecule has 1 aliphatic rings. The number of hydrogen-bond acceptors (Lipinski definition) is 4. The van der Waals surface area contributed by atoms with Crippen molar-refractivity contribution >= 4 is 11.8 Å². The van der Waals surface area contributed by atoms with E-state index in [1.54, 1.807) is 11.8 Å². The van der Waals surface area contributed by atoms with E-state index in [2.05, 4.69) is 37.6 Å². The van der Waals surface area contributed by atoms with Gasteiger partial charge in [-0.1, -0.05) is 13.8 Å². The zero-order valence-electron chi connectivity index (χ0n) is 13.3. The van der Waals surface area contributed by atoms with E-state index in [1.807, 2.05) is 12.1 Å². The predicted octanol–water partition coefficient (Wildman–Crippen LogP) is 3.58. The maximum Gasteiger partial charge on any atom is 0.119 e. The molecule has 0 amide bonds. The van der Waals surface area contributed by atoms with Crippen molar-refractivity contribution in [2.75, 3.05) is 26.0 Å². The van der Waals surface area contributed by atoms with Gasteiger partial charge < -0.3 is 14.8 Å². The number of nitrogens with one attached hydrogen (secondary N) is 1. The highest BCUT2D eigenvalue weighted by molar-refractivity contribution is 7.98. The van der Waals surface area contributed by atoms with E-state index in [-0.39, 0.29) is 6.10 Å². The van der Waals surface area contributed by atoms with Crippen LogP contribution in [-0.2, 0) is 4.74 Å². The summed E-state index contributed by atoms with van der Waals surface area (Å²) in [6.07, 6.45) is 4.88. The summed E-state index contributed by atoms with van der Waals surface area (Å²) >= 11 is 1.74. The third kappa shape index (κ3) is 5.89. The smallest absolute Gasteiger partial charge is 0.119 e. The van der Waals surface area contributed by atoms with Crippen LogP contribution in [0.25, 0.3) is 0 Å². The molecule has 2 rings (SSSR count). The highest BCUT2D eigenvalue weighted by Crippen LogP contribution is 2.22. The zero-order chi connectivity index (χ0) is 15.1. The molecule has 3 nitrogen and oxygen atoms in total. The molecule has 1 heterocycles. The van der Waals surface area contributed by atoms with Gasteiger partial charge in [0, 0.05) is 11.4 Å². The summed E-state index contributed by atoms with van der Waals surface area (Å²) in [4.78, 5) is 1.26. The van der Waals surface area contributed by atoms with E-state index >= 15 is 0 Å². The fourth-order valence-corrected chi connectivity index (χ4v) is 2.86. The van der Waals surface area contributed by atoms with Gasteiger partial charge in [0.25, 0.3) is 0 Å². The van der Waals surface area contributed by atoms with Crippen LogP contribution in [0.2, 0.25) is 0 Å². The summed E-state index contributed by atoms with van der Waals surface area (Å²) in [5.41, 5.74) is 0. The molecule has 21 heavy (non-hydrogen) atoms. The van der Waals surface area contributed by atoms with Crippen molar-refractivity contribution in [2.45, 2.75) is 43.8 Å². The fraction of sp³-hybridized carbons (Fsp3) is 0.647. The molecule has 118 valence electrons. The highest BCUT2D eigenvalue weighted by atomic mass is 32.2. The van der Waals surface area contributed by atoms with Crippen LogP contribution in [0.4, 0.5) is 0 Å². The first-order valence-electron chi connectivity index (χ1n) is 7.80. The molecule has 4 heteroatoms. The summed E-state index contributed by atoms with van der Waals surface area (Å²) in [6.45, 7) is 7.11. The van der Waals surface area contributed by atoms with E-state index in [1.165, 1.54) is 4.90 Å². The predicted molar refractivity (Wildman–Crippen MR) is 89.3 cm³/mol. The molecule has 1 saturated heterocycles. The van der Waals surface area contributed by atoms with Gasteiger partial charge >= 0.3 is 0 Å². The Balaban J connectivity index is 1.65. The van der Waals surface area contributed by atoms with Crippen molar-refractivity contribution < 1.29 is 9.47 Å². The largest absolute Gasteiger partial charge is 0.491 e. The first kappa shape index (κ1) is 16.7. The van der Waals surface area contributed by atoms with E-state index in [0.717, 1.165) is 31.7 Å². The topological polar surface area (TPSA) is 30.5 Å². The van der Waals surface area contributed by atoms with E-state index in [0.29, 0.717) is 18.6 Å². The summed E-state index contributed by atoms with van der Waals surface area (Å²) in [7, 11) is 0. The second-order valence-electron chi connectivity index (χ2n) is 6.00. The Morgan fingerprint density at radius 1 is 1.24 bits per heavy atom. The number of hydrogen-bond donors (Lipinski definition) is 1. The van der Waals surface area contributed by atoms with Crippen LogP contribution in [0.5, 0.6) is 5.75 Å². The Morgan fingerprint density at radius 2 is 1.95 bits per heavy atom. The average molecular weight is 309 g/mol. The molecule has 2 atom stereocenters. The van der Waals surface area contributed by atoms with Crippen molar-refractivity contribution in [3.63, 3.8) is 0 Å². The van der Waals surface area contributed by atoms with Crippen LogP contribution < -0.4 is 10.1 Å². The Morgan fingerprint density at radius 3 is 2.62 bits per heavy atom. The summed E-state index contributed by atoms with van der Waals surface area (Å²) < 4.78 is 11.8. The number of ether oxygens (including phenoxy) is 2. The first-order chi connectivity index (χ1) is 10.2. The van der Waals surface area contributed by atoms with Crippen molar-refractivity contribution in [3.05, 3.63) is 24.3 Å². The quantitative estimate of drug-likeness (QED) is 0.744. The van der Waals surface area contributed by atoms with Crippen LogP contribution in [0.3, 0.4) is 0 Å². The van der Waals surface area contributed by atoms with Gasteiger partial charge in [0.05, 0.1) is 12.2 Å². The van der Waals surface area contributed by atoms with Crippen molar-refractivity contribution in [1.82, 2.24) is 5.32 Å². The molecule has 1 aliphatic heterocycles. The molecule has 0 spiro atoms. The van der Waals surface area contributed by atoms with Gasteiger partial charge in [0.15, 0.2) is 0 Å². The maximum absolute atomic E-state index is 6.02. The second kappa shape index (κ2) is 8.66. The standard InChI is InChI=1S/C17H27NO2S/c1-13(2)10-18-11-15-4-5-16(20-15)12-19-14-6-8-17(21-3)9-7-14/h6-9,13,15-16,18H,4-5,10-12H2,1-3H3. The monoisotopic (exact) mass is 309 g/mol. The van der Waals surface area contributed by atoms with Gasteiger partial charge in [0.2, 0.25) is 0 Å². The van der Waals surface area contributed by atoms with Gasteiger partial charge in [-0.25, -0.2) is 0 Å². The summed E-state index contributed by atoms with van der Waals surface area (Å²) in [5, 5.41) is 3.47. The summed E-state index contributed by atoms with van der Waals surface area (Å²) in [5.74, 6) is 1.62. The number of thioether (sulfide) groups is 1. The molecule has 0 saturated carbocycles. The Labute approximate surface area is 132 Å². The molecule has 0 radical (unpaired) electrons. The van der Waals surface area contributed by atoms with E-state index in [4.69, 9.17) is 9.47 Å². The van der Waals surface area contributed by atoms with Crippen LogP contribution in [0, 0.1) is 5.92 Å². The molecule has 0 bridgehead atoms. The molecule has 0 aromatic heterocycles. The lowest BCUT2D eigenvalue weighted by molar-refractivity contribution is 0.0184. The molecule has 2 unspecified atom stereocenters. The van der Waals surface area contributed by atoms with E-state index in [9.17, 15) is 0 Å². The number of rotatable bonds is 8. The second-order valence-corrected chi connectivity index (χ2v) is 6.88. The van der Waals surface area contributed by atoms with E-state index < -0.39 is 0 Å². The summed E-state index contributed by atoms with van der Waals surface area (Å²) in [6, 6.07) is 8.24. The molecule has 1 aromatic rings. The fourth-order valence-electron chi connectivity index (χ4n) is 2.45. The van der Waals surface area contributed by atoms with Crippen molar-refractivity contribution in [2.24, 2.45) is 5.92 Å². The lowest BCUT2D eigenvalue weighted by Gasteiger charge is -2.16. The van der Waals surface area contributed by atoms with Crippen LogP contribution in [0.1, 0.15) is 26.7 Å². The van der Waals surface area contributed by atoms with Gasteiger partial charge in [-0.2, -0.15) is 0 Å². The lowest BCUT2D eigenvalue weighted by Crippen LogP contribution is -2.30. The average Bonchev–Trinajstić information content (AvgIpc) is 2.93. The van der Waals surface area contributed by atoms with Crippen LogP contribution in [0.15, 0.2) is 29.2 Å². The maximum atomic E-state index is 6.02. The Hall–Kier alpha value is -0.710. The Kier molecular flexibility index (Phi) is 6.87. The molecule has 1 N–H and O–H groups in total. The van der Waals surface area contributed by atoms with Gasteiger partial charge in [-0.05, 0) is 55.8 Å². The SMILES string of the molecule is CSc1ccc(OCC2CCC(CNCC(C)C)O2)cc1. The van der Waals surface area contributed by atoms with Gasteiger partial charge in [-0.3, -0.25) is 0 Å². The third-order valence-electron chi connectivity index (χ3n) is 3.62. The van der Waals surface area contributed by atoms with Gasteiger partial charge in [-0.15, -0.1) is 11.8 Å². The number of benzene rings is 1. The molecule has 1 fully saturated rings. The lowest BCUT2D eigenvalue weighted by atomic mass is 10.2. The van der Waals surface area contributed by atoms with Crippen LogP contribution >= 0.6 is 11.8 Å². The minimum atomic E-state index is 0.232. The minimum Gasteiger partial charge on any atom is -0.491 e. The molecule has 0 aliphatic carbocycles. The molecular weight excluding hydrogens is 282 g/mol. The van der Waals surface area contributed by atoms with Crippen molar-refractivity contribution in [3.8, 4) is 5.75 Å². The highest BCUT2D eigenvalue weighted by Gasteiger charge is 2.25. The van der Waals surface area contributed by atoms with Crippen molar-refractivity contribution in [1.29, 1.82) is 0 Å². The molecule has 1 aromatic carbocycles. The third-order valence-corrected chi connectivity index (χ3v) is 4.36. The molecular formula is C17H27NO2S. The minimum absolute atomic E-state index is 0.232. The first-order valence-corrected chi connectivity index (χ1v) is 9.03.